The Balaban J connectivity index is 2.33. The molecule has 0 saturated heterocycles. The Morgan fingerprint density at radius 2 is 1.75 bits per heavy atom. The van der Waals surface area contributed by atoms with E-state index in [4.69, 9.17) is 5.73 Å². The number of rotatable bonds is 4. The van der Waals surface area contributed by atoms with Gasteiger partial charge in [0.2, 0.25) is 0 Å². The fourth-order valence-corrected chi connectivity index (χ4v) is 2.99. The van der Waals surface area contributed by atoms with Crippen molar-refractivity contribution < 1.29 is 8.42 Å². The van der Waals surface area contributed by atoms with E-state index < -0.39 is 10.0 Å². The fourth-order valence-electron chi connectivity index (χ4n) is 1.87. The van der Waals surface area contributed by atoms with E-state index in [-0.39, 0.29) is 4.90 Å². The van der Waals surface area contributed by atoms with Crippen LogP contribution in [-0.2, 0) is 16.4 Å². The maximum absolute atomic E-state index is 12.3. The summed E-state index contributed by atoms with van der Waals surface area (Å²) in [6.07, 6.45) is 0.877. The normalized spacial score (nSPS) is 11.3. The third-order valence-corrected chi connectivity index (χ3v) is 4.64. The maximum Gasteiger partial charge on any atom is 0.261 e. The van der Waals surface area contributed by atoms with Gasteiger partial charge in [0.15, 0.2) is 0 Å². The van der Waals surface area contributed by atoms with Crippen molar-refractivity contribution in [1.82, 2.24) is 0 Å². The molecule has 0 aliphatic carbocycles. The largest absolute Gasteiger partial charge is 0.398 e. The molecule has 0 radical (unpaired) electrons. The summed E-state index contributed by atoms with van der Waals surface area (Å²) >= 11 is 0. The van der Waals surface area contributed by atoms with Crippen molar-refractivity contribution in [3.05, 3.63) is 53.6 Å². The molecule has 0 aliphatic rings. The average Bonchev–Trinajstić information content (AvgIpc) is 2.44. The first-order valence-corrected chi connectivity index (χ1v) is 7.89. The molecule has 0 saturated carbocycles. The van der Waals surface area contributed by atoms with Gasteiger partial charge in [-0.3, -0.25) is 4.72 Å². The minimum absolute atomic E-state index is 0.247. The number of nitrogen functional groups attached to an aromatic ring is 1. The first-order valence-electron chi connectivity index (χ1n) is 6.41. The van der Waals surface area contributed by atoms with Crippen LogP contribution in [0.1, 0.15) is 18.1 Å². The topological polar surface area (TPSA) is 72.2 Å². The molecule has 5 heteroatoms. The standard InChI is InChI=1S/C15H18N2O2S/c1-3-12-7-9-13(10-8-12)20(18,19)17-15-6-4-5-14(16)11(15)2/h4-10,17H,3,16H2,1-2H3. The van der Waals surface area contributed by atoms with E-state index in [0.29, 0.717) is 11.4 Å². The lowest BCUT2D eigenvalue weighted by molar-refractivity contribution is 0.601. The minimum atomic E-state index is -3.58. The van der Waals surface area contributed by atoms with Crippen LogP contribution in [0.4, 0.5) is 11.4 Å². The Labute approximate surface area is 119 Å². The van der Waals surface area contributed by atoms with E-state index in [1.54, 1.807) is 37.3 Å². The molecule has 4 nitrogen and oxygen atoms in total. The van der Waals surface area contributed by atoms with Crippen molar-refractivity contribution in [2.75, 3.05) is 10.5 Å². The molecule has 0 aliphatic heterocycles. The third-order valence-electron chi connectivity index (χ3n) is 3.26. The second kappa shape index (κ2) is 5.54. The zero-order valence-electron chi connectivity index (χ0n) is 11.6. The van der Waals surface area contributed by atoms with Gasteiger partial charge in [-0.05, 0) is 48.7 Å². The van der Waals surface area contributed by atoms with Gasteiger partial charge in [0.1, 0.15) is 0 Å². The van der Waals surface area contributed by atoms with Crippen LogP contribution in [0.25, 0.3) is 0 Å². The number of hydrogen-bond donors (Lipinski definition) is 2. The van der Waals surface area contributed by atoms with Gasteiger partial charge < -0.3 is 5.73 Å². The summed E-state index contributed by atoms with van der Waals surface area (Å²) in [6.45, 7) is 3.81. The summed E-state index contributed by atoms with van der Waals surface area (Å²) in [6, 6.07) is 12.0. The molecule has 0 heterocycles. The van der Waals surface area contributed by atoms with E-state index in [9.17, 15) is 8.42 Å². The number of nitrogens with one attached hydrogen (secondary N) is 1. The van der Waals surface area contributed by atoms with Crippen LogP contribution >= 0.6 is 0 Å². The molecule has 106 valence electrons. The smallest absolute Gasteiger partial charge is 0.261 e. The predicted molar refractivity (Wildman–Crippen MR) is 82.2 cm³/mol. The summed E-state index contributed by atoms with van der Waals surface area (Å²) in [5.41, 5.74) is 8.67. The number of hydrogen-bond acceptors (Lipinski definition) is 3. The van der Waals surface area contributed by atoms with Gasteiger partial charge in [-0.2, -0.15) is 0 Å². The molecule has 0 atom stereocenters. The predicted octanol–water partition coefficient (Wildman–Crippen LogP) is 2.94. The summed E-state index contributed by atoms with van der Waals surface area (Å²) in [5, 5.41) is 0. The Morgan fingerprint density at radius 1 is 1.10 bits per heavy atom. The molecule has 0 spiro atoms. The van der Waals surface area contributed by atoms with E-state index in [0.717, 1.165) is 17.5 Å². The molecular weight excluding hydrogens is 272 g/mol. The van der Waals surface area contributed by atoms with Crippen LogP contribution < -0.4 is 10.5 Å². The zero-order chi connectivity index (χ0) is 14.8. The lowest BCUT2D eigenvalue weighted by Crippen LogP contribution is -2.14. The van der Waals surface area contributed by atoms with E-state index in [1.165, 1.54) is 0 Å². The SMILES string of the molecule is CCc1ccc(S(=O)(=O)Nc2cccc(N)c2C)cc1. The molecule has 0 fully saturated rings. The lowest BCUT2D eigenvalue weighted by Gasteiger charge is -2.12. The molecule has 2 aromatic rings. The molecule has 0 unspecified atom stereocenters. The molecule has 2 rings (SSSR count). The Hall–Kier alpha value is -2.01. The van der Waals surface area contributed by atoms with E-state index in [1.807, 2.05) is 19.1 Å². The Kier molecular flexibility index (Phi) is 3.99. The van der Waals surface area contributed by atoms with Crippen molar-refractivity contribution in [2.24, 2.45) is 0 Å². The van der Waals surface area contributed by atoms with Gasteiger partial charge in [-0.1, -0.05) is 25.1 Å². The number of benzene rings is 2. The van der Waals surface area contributed by atoms with Crippen LogP contribution in [0.2, 0.25) is 0 Å². The number of nitrogens with two attached hydrogens (primary N) is 1. The molecule has 3 N–H and O–H groups in total. The number of aryl methyl sites for hydroxylation is 1. The van der Waals surface area contributed by atoms with Gasteiger partial charge in [0, 0.05) is 5.69 Å². The second-order valence-electron chi connectivity index (χ2n) is 4.62. The van der Waals surface area contributed by atoms with Crippen LogP contribution in [0.5, 0.6) is 0 Å². The van der Waals surface area contributed by atoms with E-state index >= 15 is 0 Å². The van der Waals surface area contributed by atoms with Gasteiger partial charge >= 0.3 is 0 Å². The van der Waals surface area contributed by atoms with Gasteiger partial charge in [-0.15, -0.1) is 0 Å². The van der Waals surface area contributed by atoms with Gasteiger partial charge in [0.25, 0.3) is 10.0 Å². The van der Waals surface area contributed by atoms with Crippen LogP contribution in [0.3, 0.4) is 0 Å². The molecule has 20 heavy (non-hydrogen) atoms. The van der Waals surface area contributed by atoms with Crippen molar-refractivity contribution in [2.45, 2.75) is 25.2 Å². The molecule has 2 aromatic carbocycles. The van der Waals surface area contributed by atoms with Crippen molar-refractivity contribution in [3.8, 4) is 0 Å². The molecular formula is C15H18N2O2S. The van der Waals surface area contributed by atoms with Crippen LogP contribution in [0, 0.1) is 6.92 Å². The highest BCUT2D eigenvalue weighted by Crippen LogP contribution is 2.23. The highest BCUT2D eigenvalue weighted by atomic mass is 32.2. The van der Waals surface area contributed by atoms with Gasteiger partial charge in [-0.25, -0.2) is 8.42 Å². The highest BCUT2D eigenvalue weighted by Gasteiger charge is 2.15. The monoisotopic (exact) mass is 290 g/mol. The summed E-state index contributed by atoms with van der Waals surface area (Å²) < 4.78 is 27.2. The highest BCUT2D eigenvalue weighted by molar-refractivity contribution is 7.92. The average molecular weight is 290 g/mol. The Bertz CT molecular complexity index is 707. The molecule has 0 amide bonds. The Morgan fingerprint density at radius 3 is 2.35 bits per heavy atom. The third kappa shape index (κ3) is 2.93. The van der Waals surface area contributed by atoms with Crippen LogP contribution in [0.15, 0.2) is 47.4 Å². The van der Waals surface area contributed by atoms with Gasteiger partial charge in [0.05, 0.1) is 10.6 Å². The lowest BCUT2D eigenvalue weighted by atomic mass is 10.2. The van der Waals surface area contributed by atoms with Crippen molar-refractivity contribution >= 4 is 21.4 Å². The fraction of sp³-hybridized carbons (Fsp3) is 0.200. The van der Waals surface area contributed by atoms with E-state index in [2.05, 4.69) is 4.72 Å². The summed E-state index contributed by atoms with van der Waals surface area (Å²) in [7, 11) is -3.58. The summed E-state index contributed by atoms with van der Waals surface area (Å²) in [5.74, 6) is 0. The maximum atomic E-state index is 12.3. The molecule has 0 bridgehead atoms. The molecule has 0 aromatic heterocycles. The zero-order valence-corrected chi connectivity index (χ0v) is 12.4. The minimum Gasteiger partial charge on any atom is -0.398 e. The number of anilines is 2. The summed E-state index contributed by atoms with van der Waals surface area (Å²) in [4.78, 5) is 0.247. The second-order valence-corrected chi connectivity index (χ2v) is 6.31. The first kappa shape index (κ1) is 14.4. The quantitative estimate of drug-likeness (QED) is 0.850. The van der Waals surface area contributed by atoms with Crippen molar-refractivity contribution in [3.63, 3.8) is 0 Å². The first-order chi connectivity index (χ1) is 9.44. The number of sulfonamides is 1. The van der Waals surface area contributed by atoms with Crippen molar-refractivity contribution in [1.29, 1.82) is 0 Å². The van der Waals surface area contributed by atoms with Crippen LogP contribution in [-0.4, -0.2) is 8.42 Å².